The Labute approximate surface area is 154 Å². The van der Waals surface area contributed by atoms with E-state index in [0.29, 0.717) is 24.7 Å². The molecular weight excluding hydrogens is 333 g/mol. The number of ether oxygens (including phenoxy) is 1. The largest absolute Gasteiger partial charge is 0.381 e. The number of amides is 1. The molecule has 3 aliphatic heterocycles. The van der Waals surface area contributed by atoms with Crippen LogP contribution in [0.3, 0.4) is 0 Å². The maximum absolute atomic E-state index is 13.7. The van der Waals surface area contributed by atoms with E-state index in [1.165, 1.54) is 12.1 Å². The first-order valence-electron chi connectivity index (χ1n) is 9.63. The van der Waals surface area contributed by atoms with E-state index in [4.69, 9.17) is 4.74 Å². The highest BCUT2D eigenvalue weighted by atomic mass is 19.1. The first kappa shape index (κ1) is 17.9. The number of hydrogen-bond acceptors (Lipinski definition) is 4. The van der Waals surface area contributed by atoms with Crippen LogP contribution in [-0.2, 0) is 9.53 Å². The van der Waals surface area contributed by atoms with Crippen LogP contribution in [0.4, 0.5) is 10.1 Å². The lowest BCUT2D eigenvalue weighted by molar-refractivity contribution is -0.123. The van der Waals surface area contributed by atoms with Crippen molar-refractivity contribution in [3.05, 3.63) is 30.1 Å². The standard InChI is InChI=1S/C20H28FN3O2/c1-22-13-19(25)24(18-4-2-3-17(21)11-18)15-20(22)7-8-23(14-20)12-16-5-9-26-10-6-16/h2-4,11,16H,5-10,12-15H2,1H3/t20-/m1/s1. The molecule has 0 bridgehead atoms. The molecular formula is C20H28FN3O2. The highest BCUT2D eigenvalue weighted by Gasteiger charge is 2.47. The minimum Gasteiger partial charge on any atom is -0.381 e. The van der Waals surface area contributed by atoms with Crippen LogP contribution in [0.15, 0.2) is 24.3 Å². The Kier molecular flexibility index (Phi) is 4.99. The molecule has 1 amide bonds. The van der Waals surface area contributed by atoms with Gasteiger partial charge in [0.05, 0.1) is 12.1 Å². The molecule has 5 nitrogen and oxygen atoms in total. The molecule has 0 N–H and O–H groups in total. The van der Waals surface area contributed by atoms with Crippen molar-refractivity contribution in [3.63, 3.8) is 0 Å². The number of hydrogen-bond donors (Lipinski definition) is 0. The van der Waals surface area contributed by atoms with Crippen molar-refractivity contribution >= 4 is 11.6 Å². The van der Waals surface area contributed by atoms with Crippen LogP contribution < -0.4 is 4.90 Å². The Bertz CT molecular complexity index is 664. The van der Waals surface area contributed by atoms with Gasteiger partial charge in [0, 0.05) is 45.1 Å². The topological polar surface area (TPSA) is 36.0 Å². The number of carbonyl (C=O) groups excluding carboxylic acids is 1. The molecule has 1 atom stereocenters. The SMILES string of the molecule is CN1CC(=O)N(c2cccc(F)c2)C[C@]12CCN(CC1CCOCC1)C2. The van der Waals surface area contributed by atoms with E-state index in [2.05, 4.69) is 16.8 Å². The summed E-state index contributed by atoms with van der Waals surface area (Å²) in [6.07, 6.45) is 3.34. The van der Waals surface area contributed by atoms with Crippen molar-refractivity contribution in [2.75, 3.05) is 57.9 Å². The lowest BCUT2D eigenvalue weighted by Crippen LogP contribution is -2.64. The van der Waals surface area contributed by atoms with Crippen molar-refractivity contribution in [2.24, 2.45) is 5.92 Å². The van der Waals surface area contributed by atoms with E-state index in [-0.39, 0.29) is 17.3 Å². The van der Waals surface area contributed by atoms with Gasteiger partial charge in [0.1, 0.15) is 5.82 Å². The van der Waals surface area contributed by atoms with E-state index >= 15 is 0 Å². The van der Waals surface area contributed by atoms with E-state index in [0.717, 1.165) is 52.1 Å². The highest BCUT2D eigenvalue weighted by molar-refractivity contribution is 5.96. The Morgan fingerprint density at radius 1 is 1.27 bits per heavy atom. The summed E-state index contributed by atoms with van der Waals surface area (Å²) in [6, 6.07) is 6.39. The third-order valence-electron chi connectivity index (χ3n) is 6.32. The fourth-order valence-electron chi connectivity index (χ4n) is 4.67. The molecule has 1 spiro atoms. The molecule has 4 rings (SSSR count). The summed E-state index contributed by atoms with van der Waals surface area (Å²) in [5.74, 6) is 0.469. The van der Waals surface area contributed by atoms with Gasteiger partial charge in [-0.1, -0.05) is 6.07 Å². The number of anilines is 1. The molecule has 0 radical (unpaired) electrons. The first-order chi connectivity index (χ1) is 12.6. The monoisotopic (exact) mass is 361 g/mol. The average Bonchev–Trinajstić information content (AvgIpc) is 3.03. The van der Waals surface area contributed by atoms with Gasteiger partial charge in [-0.15, -0.1) is 0 Å². The quantitative estimate of drug-likeness (QED) is 0.825. The smallest absolute Gasteiger partial charge is 0.241 e. The predicted octanol–water partition coefficient (Wildman–Crippen LogP) is 1.98. The fourth-order valence-corrected chi connectivity index (χ4v) is 4.67. The van der Waals surface area contributed by atoms with Gasteiger partial charge >= 0.3 is 0 Å². The highest BCUT2D eigenvalue weighted by Crippen LogP contribution is 2.34. The van der Waals surface area contributed by atoms with Crippen molar-refractivity contribution < 1.29 is 13.9 Å². The minimum atomic E-state index is -0.296. The van der Waals surface area contributed by atoms with E-state index in [1.54, 1.807) is 11.0 Å². The van der Waals surface area contributed by atoms with Crippen molar-refractivity contribution in [3.8, 4) is 0 Å². The Hall–Kier alpha value is -1.50. The second-order valence-electron chi connectivity index (χ2n) is 8.08. The summed E-state index contributed by atoms with van der Waals surface area (Å²) in [5.41, 5.74) is 0.635. The number of halogens is 1. The van der Waals surface area contributed by atoms with Crippen molar-refractivity contribution in [1.82, 2.24) is 9.80 Å². The molecule has 0 unspecified atom stereocenters. The second kappa shape index (κ2) is 7.25. The molecule has 142 valence electrons. The molecule has 6 heteroatoms. The zero-order valence-electron chi connectivity index (χ0n) is 15.5. The van der Waals surface area contributed by atoms with Gasteiger partial charge < -0.3 is 14.5 Å². The number of nitrogens with zero attached hydrogens (tertiary/aromatic N) is 3. The van der Waals surface area contributed by atoms with Crippen LogP contribution in [0, 0.1) is 11.7 Å². The Morgan fingerprint density at radius 3 is 2.85 bits per heavy atom. The van der Waals surface area contributed by atoms with E-state index < -0.39 is 0 Å². The van der Waals surface area contributed by atoms with Gasteiger partial charge in [-0.2, -0.15) is 0 Å². The number of likely N-dealkylation sites (N-methyl/N-ethyl adjacent to an activating group) is 1. The van der Waals surface area contributed by atoms with E-state index in [1.807, 2.05) is 6.07 Å². The van der Waals surface area contributed by atoms with Gasteiger partial charge in [0.15, 0.2) is 0 Å². The van der Waals surface area contributed by atoms with Gasteiger partial charge in [0.25, 0.3) is 0 Å². The Morgan fingerprint density at radius 2 is 2.08 bits per heavy atom. The minimum absolute atomic E-state index is 0.0363. The van der Waals surface area contributed by atoms with Gasteiger partial charge in [0.2, 0.25) is 5.91 Å². The third-order valence-corrected chi connectivity index (χ3v) is 6.32. The normalized spacial score (nSPS) is 29.0. The van der Waals surface area contributed by atoms with Gasteiger partial charge in [-0.05, 0) is 50.4 Å². The summed E-state index contributed by atoms with van der Waals surface area (Å²) >= 11 is 0. The molecule has 0 saturated carbocycles. The zero-order valence-corrected chi connectivity index (χ0v) is 15.5. The zero-order chi connectivity index (χ0) is 18.1. The molecule has 1 aromatic rings. The summed E-state index contributed by atoms with van der Waals surface area (Å²) in [7, 11) is 2.05. The number of benzene rings is 1. The van der Waals surface area contributed by atoms with Crippen LogP contribution >= 0.6 is 0 Å². The molecule has 0 aromatic heterocycles. The number of piperazine rings is 1. The van der Waals surface area contributed by atoms with Crippen LogP contribution in [0.5, 0.6) is 0 Å². The lowest BCUT2D eigenvalue weighted by Gasteiger charge is -2.47. The summed E-state index contributed by atoms with van der Waals surface area (Å²) in [4.78, 5) is 19.1. The summed E-state index contributed by atoms with van der Waals surface area (Å²) in [6.45, 7) is 5.94. The number of carbonyl (C=O) groups is 1. The molecule has 3 saturated heterocycles. The fraction of sp³-hybridized carbons (Fsp3) is 0.650. The molecule has 3 heterocycles. The maximum Gasteiger partial charge on any atom is 0.241 e. The van der Waals surface area contributed by atoms with Crippen LogP contribution in [0.25, 0.3) is 0 Å². The first-order valence-corrected chi connectivity index (χ1v) is 9.63. The van der Waals surface area contributed by atoms with Gasteiger partial charge in [-0.25, -0.2) is 4.39 Å². The molecule has 0 aliphatic carbocycles. The van der Waals surface area contributed by atoms with Crippen LogP contribution in [0.2, 0.25) is 0 Å². The molecule has 3 aliphatic rings. The summed E-state index contributed by atoms with van der Waals surface area (Å²) < 4.78 is 19.1. The third kappa shape index (κ3) is 3.50. The molecule has 26 heavy (non-hydrogen) atoms. The van der Waals surface area contributed by atoms with Crippen molar-refractivity contribution in [1.29, 1.82) is 0 Å². The number of rotatable bonds is 3. The lowest BCUT2D eigenvalue weighted by atomic mass is 9.92. The predicted molar refractivity (Wildman–Crippen MR) is 98.7 cm³/mol. The average molecular weight is 361 g/mol. The van der Waals surface area contributed by atoms with E-state index in [9.17, 15) is 9.18 Å². The second-order valence-corrected chi connectivity index (χ2v) is 8.08. The maximum atomic E-state index is 13.7. The van der Waals surface area contributed by atoms with Crippen LogP contribution in [-0.4, -0.2) is 74.2 Å². The summed E-state index contributed by atoms with van der Waals surface area (Å²) in [5, 5.41) is 0. The van der Waals surface area contributed by atoms with Crippen LogP contribution in [0.1, 0.15) is 19.3 Å². The van der Waals surface area contributed by atoms with Gasteiger partial charge in [-0.3, -0.25) is 9.69 Å². The Balaban J connectivity index is 1.47. The molecule has 3 fully saturated rings. The number of likely N-dealkylation sites (tertiary alicyclic amines) is 1. The molecule has 1 aromatic carbocycles. The van der Waals surface area contributed by atoms with Crippen molar-refractivity contribution in [2.45, 2.75) is 24.8 Å².